The van der Waals surface area contributed by atoms with Gasteiger partial charge in [0.05, 0.1) is 0 Å². The SMILES string of the molecule is Fc1ccc(C2CC2c2cnc(-c3ncccn3)nc2)cc1. The van der Waals surface area contributed by atoms with Crippen molar-refractivity contribution in [3.8, 4) is 11.6 Å². The smallest absolute Gasteiger partial charge is 0.197 e. The molecule has 22 heavy (non-hydrogen) atoms. The fourth-order valence-corrected chi connectivity index (χ4v) is 2.70. The maximum atomic E-state index is 13.0. The molecule has 0 N–H and O–H groups in total. The van der Waals surface area contributed by atoms with Crippen LogP contribution in [0.5, 0.6) is 0 Å². The van der Waals surface area contributed by atoms with Crippen molar-refractivity contribution >= 4 is 0 Å². The molecule has 4 nitrogen and oxygen atoms in total. The van der Waals surface area contributed by atoms with Gasteiger partial charge in [0.2, 0.25) is 0 Å². The standard InChI is InChI=1S/C17H13FN4/c18-13-4-2-11(3-5-13)14-8-15(14)12-9-21-17(22-10-12)16-19-6-1-7-20-16/h1-7,9-10,14-15H,8H2. The highest BCUT2D eigenvalue weighted by Gasteiger charge is 2.39. The van der Waals surface area contributed by atoms with Gasteiger partial charge in [0.25, 0.3) is 0 Å². The zero-order valence-electron chi connectivity index (χ0n) is 11.7. The Morgan fingerprint density at radius 2 is 1.36 bits per heavy atom. The summed E-state index contributed by atoms with van der Waals surface area (Å²) in [6.07, 6.45) is 8.08. The van der Waals surface area contributed by atoms with E-state index in [2.05, 4.69) is 19.9 Å². The summed E-state index contributed by atoms with van der Waals surface area (Å²) >= 11 is 0. The van der Waals surface area contributed by atoms with E-state index in [0.29, 0.717) is 23.5 Å². The van der Waals surface area contributed by atoms with E-state index < -0.39 is 0 Å². The molecular formula is C17H13FN4. The lowest BCUT2D eigenvalue weighted by molar-refractivity contribution is 0.627. The molecule has 4 rings (SSSR count). The molecule has 3 aromatic rings. The van der Waals surface area contributed by atoms with Gasteiger partial charge in [-0.25, -0.2) is 24.3 Å². The predicted octanol–water partition coefficient (Wildman–Crippen LogP) is 3.34. The Morgan fingerprint density at radius 1 is 0.773 bits per heavy atom. The highest BCUT2D eigenvalue weighted by molar-refractivity contribution is 5.43. The summed E-state index contributed by atoms with van der Waals surface area (Å²) in [5.74, 6) is 1.71. The number of nitrogens with zero attached hydrogens (tertiary/aromatic N) is 4. The van der Waals surface area contributed by atoms with Gasteiger partial charge in [-0.1, -0.05) is 12.1 Å². The first-order valence-corrected chi connectivity index (χ1v) is 7.16. The molecular weight excluding hydrogens is 279 g/mol. The maximum absolute atomic E-state index is 13.0. The number of rotatable bonds is 3. The van der Waals surface area contributed by atoms with Crippen LogP contribution in [0.2, 0.25) is 0 Å². The number of benzene rings is 1. The molecule has 0 bridgehead atoms. The minimum Gasteiger partial charge on any atom is -0.234 e. The first-order chi connectivity index (χ1) is 10.8. The van der Waals surface area contributed by atoms with E-state index >= 15 is 0 Å². The van der Waals surface area contributed by atoms with E-state index in [4.69, 9.17) is 0 Å². The van der Waals surface area contributed by atoms with E-state index in [1.165, 1.54) is 17.7 Å². The third-order valence-corrected chi connectivity index (χ3v) is 3.95. The predicted molar refractivity (Wildman–Crippen MR) is 79.6 cm³/mol. The topological polar surface area (TPSA) is 51.6 Å². The monoisotopic (exact) mass is 292 g/mol. The number of aromatic nitrogens is 4. The zero-order chi connectivity index (χ0) is 14.9. The summed E-state index contributed by atoms with van der Waals surface area (Å²) in [7, 11) is 0. The molecule has 5 heteroatoms. The van der Waals surface area contributed by atoms with Crippen LogP contribution in [-0.2, 0) is 0 Å². The Balaban J connectivity index is 1.52. The molecule has 1 aliphatic rings. The Kier molecular flexibility index (Phi) is 3.11. The molecule has 108 valence electrons. The molecule has 0 spiro atoms. The van der Waals surface area contributed by atoms with E-state index in [0.717, 1.165) is 12.0 Å². The normalized spacial score (nSPS) is 19.9. The van der Waals surface area contributed by atoms with Crippen LogP contribution < -0.4 is 0 Å². The van der Waals surface area contributed by atoms with Crippen molar-refractivity contribution in [2.24, 2.45) is 0 Å². The molecule has 1 aliphatic carbocycles. The van der Waals surface area contributed by atoms with Crippen LogP contribution in [0.1, 0.15) is 29.4 Å². The Hall–Kier alpha value is -2.69. The fourth-order valence-electron chi connectivity index (χ4n) is 2.70. The van der Waals surface area contributed by atoms with Crippen molar-refractivity contribution in [1.29, 1.82) is 0 Å². The second kappa shape index (κ2) is 5.26. The minimum absolute atomic E-state index is 0.198. The summed E-state index contributed by atoms with van der Waals surface area (Å²) in [4.78, 5) is 17.0. The summed E-state index contributed by atoms with van der Waals surface area (Å²) in [6.45, 7) is 0. The number of hydrogen-bond acceptors (Lipinski definition) is 4. The minimum atomic E-state index is -0.198. The van der Waals surface area contributed by atoms with Crippen molar-refractivity contribution in [2.75, 3.05) is 0 Å². The van der Waals surface area contributed by atoms with Gasteiger partial charge in [-0.05, 0) is 47.6 Å². The molecule has 1 aromatic carbocycles. The van der Waals surface area contributed by atoms with E-state index in [9.17, 15) is 4.39 Å². The van der Waals surface area contributed by atoms with Crippen molar-refractivity contribution < 1.29 is 4.39 Å². The number of hydrogen-bond donors (Lipinski definition) is 0. The van der Waals surface area contributed by atoms with E-state index in [1.807, 2.05) is 24.5 Å². The van der Waals surface area contributed by atoms with Gasteiger partial charge in [0, 0.05) is 24.8 Å². The van der Waals surface area contributed by atoms with Crippen LogP contribution >= 0.6 is 0 Å². The molecule has 0 amide bonds. The molecule has 2 aromatic heterocycles. The molecule has 0 aliphatic heterocycles. The summed E-state index contributed by atoms with van der Waals surface area (Å²) in [5.41, 5.74) is 2.27. The molecule has 2 unspecified atom stereocenters. The first kappa shape index (κ1) is 13.0. The third kappa shape index (κ3) is 2.45. The number of halogens is 1. The average Bonchev–Trinajstić information content (AvgIpc) is 3.37. The van der Waals surface area contributed by atoms with E-state index in [1.54, 1.807) is 18.5 Å². The summed E-state index contributed by atoms with van der Waals surface area (Å²) < 4.78 is 13.0. The third-order valence-electron chi connectivity index (χ3n) is 3.95. The van der Waals surface area contributed by atoms with Gasteiger partial charge in [0.1, 0.15) is 5.82 Å². The maximum Gasteiger partial charge on any atom is 0.197 e. The van der Waals surface area contributed by atoms with Gasteiger partial charge in [-0.15, -0.1) is 0 Å². The van der Waals surface area contributed by atoms with Crippen LogP contribution in [0, 0.1) is 5.82 Å². The van der Waals surface area contributed by atoms with Gasteiger partial charge in [-0.2, -0.15) is 0 Å². The van der Waals surface area contributed by atoms with Crippen LogP contribution in [0.3, 0.4) is 0 Å². The Bertz CT molecular complexity index is 772. The highest BCUT2D eigenvalue weighted by atomic mass is 19.1. The second-order valence-electron chi connectivity index (χ2n) is 5.41. The lowest BCUT2D eigenvalue weighted by Crippen LogP contribution is -1.95. The van der Waals surface area contributed by atoms with Crippen molar-refractivity contribution in [1.82, 2.24) is 19.9 Å². The highest BCUT2D eigenvalue weighted by Crippen LogP contribution is 2.54. The van der Waals surface area contributed by atoms with E-state index in [-0.39, 0.29) is 5.82 Å². The largest absolute Gasteiger partial charge is 0.234 e. The van der Waals surface area contributed by atoms with Crippen LogP contribution in [0.4, 0.5) is 4.39 Å². The van der Waals surface area contributed by atoms with Gasteiger partial charge >= 0.3 is 0 Å². The molecule has 0 saturated heterocycles. The summed E-state index contributed by atoms with van der Waals surface area (Å²) in [6, 6.07) is 8.49. The fraction of sp³-hybridized carbons (Fsp3) is 0.176. The van der Waals surface area contributed by atoms with Gasteiger partial charge in [-0.3, -0.25) is 0 Å². The second-order valence-corrected chi connectivity index (χ2v) is 5.41. The quantitative estimate of drug-likeness (QED) is 0.743. The van der Waals surface area contributed by atoms with Crippen molar-refractivity contribution in [3.05, 3.63) is 72.1 Å². The van der Waals surface area contributed by atoms with Gasteiger partial charge in [0.15, 0.2) is 11.6 Å². The first-order valence-electron chi connectivity index (χ1n) is 7.16. The molecule has 1 fully saturated rings. The van der Waals surface area contributed by atoms with Crippen LogP contribution in [0.15, 0.2) is 55.1 Å². The van der Waals surface area contributed by atoms with Crippen LogP contribution in [-0.4, -0.2) is 19.9 Å². The summed E-state index contributed by atoms with van der Waals surface area (Å²) in [5, 5.41) is 0. The van der Waals surface area contributed by atoms with Crippen LogP contribution in [0.25, 0.3) is 11.6 Å². The lowest BCUT2D eigenvalue weighted by Gasteiger charge is -2.02. The molecule has 0 radical (unpaired) electrons. The van der Waals surface area contributed by atoms with Gasteiger partial charge < -0.3 is 0 Å². The Morgan fingerprint density at radius 3 is 2.05 bits per heavy atom. The molecule has 1 saturated carbocycles. The lowest BCUT2D eigenvalue weighted by atomic mass is 10.1. The van der Waals surface area contributed by atoms with Crippen molar-refractivity contribution in [3.63, 3.8) is 0 Å². The average molecular weight is 292 g/mol. The molecule has 2 atom stereocenters. The Labute approximate surface area is 127 Å². The molecule has 2 heterocycles. The zero-order valence-corrected chi connectivity index (χ0v) is 11.7. The van der Waals surface area contributed by atoms with Crippen molar-refractivity contribution in [2.45, 2.75) is 18.3 Å².